The molecule has 144 valence electrons. The standard InChI is InChI=1S/C20H23BrN2O4/c1-20(2,3)15-10-14(21)6-8-17(15)27-12-19(25)23-22-11-13-5-7-16(24)18(9-13)26-4/h5-11,24H,12H2,1-4H3,(H,23,25)/b22-11+. The van der Waals surface area contributed by atoms with Gasteiger partial charge < -0.3 is 14.6 Å². The summed E-state index contributed by atoms with van der Waals surface area (Å²) >= 11 is 3.46. The predicted molar refractivity (Wildman–Crippen MR) is 109 cm³/mol. The van der Waals surface area contributed by atoms with E-state index >= 15 is 0 Å². The lowest BCUT2D eigenvalue weighted by molar-refractivity contribution is -0.123. The van der Waals surface area contributed by atoms with Gasteiger partial charge in [-0.2, -0.15) is 5.10 Å². The summed E-state index contributed by atoms with van der Waals surface area (Å²) in [4.78, 5) is 12.0. The SMILES string of the molecule is COc1cc(/C=N/NC(=O)COc2ccc(Br)cc2C(C)(C)C)ccc1O. The Morgan fingerprint density at radius 1 is 1.22 bits per heavy atom. The molecule has 0 saturated heterocycles. The Balaban J connectivity index is 1.96. The zero-order valence-corrected chi connectivity index (χ0v) is 17.3. The summed E-state index contributed by atoms with van der Waals surface area (Å²) in [5.41, 5.74) is 3.98. The van der Waals surface area contributed by atoms with Gasteiger partial charge in [-0.3, -0.25) is 4.79 Å². The molecule has 2 N–H and O–H groups in total. The van der Waals surface area contributed by atoms with Gasteiger partial charge in [-0.1, -0.05) is 36.7 Å². The maximum absolute atomic E-state index is 12.0. The number of benzene rings is 2. The van der Waals surface area contributed by atoms with Crippen molar-refractivity contribution in [1.29, 1.82) is 0 Å². The Morgan fingerprint density at radius 3 is 2.63 bits per heavy atom. The van der Waals surface area contributed by atoms with Crippen LogP contribution in [0, 0.1) is 0 Å². The van der Waals surface area contributed by atoms with Crippen LogP contribution < -0.4 is 14.9 Å². The minimum absolute atomic E-state index is 0.0382. The second kappa shape index (κ2) is 8.90. The van der Waals surface area contributed by atoms with E-state index in [4.69, 9.17) is 9.47 Å². The number of halogens is 1. The highest BCUT2D eigenvalue weighted by Gasteiger charge is 2.19. The van der Waals surface area contributed by atoms with E-state index in [1.165, 1.54) is 19.4 Å². The van der Waals surface area contributed by atoms with Crippen LogP contribution in [0.4, 0.5) is 0 Å². The average molecular weight is 435 g/mol. The fourth-order valence-electron chi connectivity index (χ4n) is 2.34. The Hall–Kier alpha value is -2.54. The smallest absolute Gasteiger partial charge is 0.277 e. The molecule has 1 amide bonds. The number of phenols is 1. The molecule has 0 atom stereocenters. The highest BCUT2D eigenvalue weighted by atomic mass is 79.9. The summed E-state index contributed by atoms with van der Waals surface area (Å²) in [6.45, 7) is 6.09. The number of carbonyl (C=O) groups is 1. The maximum Gasteiger partial charge on any atom is 0.277 e. The summed E-state index contributed by atoms with van der Waals surface area (Å²) in [5, 5.41) is 13.5. The van der Waals surface area contributed by atoms with Crippen molar-refractivity contribution in [3.05, 3.63) is 52.0 Å². The molecule has 0 bridgehead atoms. The van der Waals surface area contributed by atoms with Crippen LogP contribution in [-0.2, 0) is 10.2 Å². The van der Waals surface area contributed by atoms with E-state index in [2.05, 4.69) is 47.2 Å². The van der Waals surface area contributed by atoms with Crippen molar-refractivity contribution in [2.24, 2.45) is 5.10 Å². The third kappa shape index (κ3) is 5.99. The number of phenolic OH excluding ortho intramolecular Hbond substituents is 1. The molecule has 7 heteroatoms. The van der Waals surface area contributed by atoms with Crippen LogP contribution in [0.2, 0.25) is 0 Å². The number of nitrogens with one attached hydrogen (secondary N) is 1. The van der Waals surface area contributed by atoms with Gasteiger partial charge in [0.2, 0.25) is 0 Å². The van der Waals surface area contributed by atoms with Gasteiger partial charge in [-0.05, 0) is 47.4 Å². The van der Waals surface area contributed by atoms with Crippen LogP contribution in [0.15, 0.2) is 46.0 Å². The Morgan fingerprint density at radius 2 is 1.96 bits per heavy atom. The lowest BCUT2D eigenvalue weighted by Crippen LogP contribution is -2.25. The first kappa shape index (κ1) is 20.8. The summed E-state index contributed by atoms with van der Waals surface area (Å²) < 4.78 is 11.7. The molecule has 0 fully saturated rings. The molecular formula is C20H23BrN2O4. The molecule has 0 heterocycles. The van der Waals surface area contributed by atoms with Gasteiger partial charge in [-0.25, -0.2) is 5.43 Å². The summed E-state index contributed by atoms with van der Waals surface area (Å²) in [6, 6.07) is 10.5. The zero-order chi connectivity index (χ0) is 20.0. The van der Waals surface area contributed by atoms with Gasteiger partial charge in [0.15, 0.2) is 18.1 Å². The maximum atomic E-state index is 12.0. The lowest BCUT2D eigenvalue weighted by atomic mass is 9.86. The molecule has 6 nitrogen and oxygen atoms in total. The minimum atomic E-state index is -0.375. The molecule has 0 aliphatic rings. The van der Waals surface area contributed by atoms with Gasteiger partial charge in [0.1, 0.15) is 5.75 Å². The quantitative estimate of drug-likeness (QED) is 0.531. The molecule has 2 aromatic rings. The molecule has 0 saturated carbocycles. The number of nitrogens with zero attached hydrogens (tertiary/aromatic N) is 1. The average Bonchev–Trinajstić information content (AvgIpc) is 2.61. The second-order valence-corrected chi connectivity index (χ2v) is 7.82. The normalized spacial score (nSPS) is 11.4. The third-order valence-corrected chi connectivity index (χ3v) is 4.21. The third-order valence-electron chi connectivity index (χ3n) is 3.72. The number of rotatable bonds is 6. The fraction of sp³-hybridized carbons (Fsp3) is 0.300. The van der Waals surface area contributed by atoms with Crippen LogP contribution in [0.25, 0.3) is 0 Å². The first-order chi connectivity index (χ1) is 12.7. The molecular weight excluding hydrogens is 412 g/mol. The van der Waals surface area contributed by atoms with Gasteiger partial charge in [0.25, 0.3) is 5.91 Å². The van der Waals surface area contributed by atoms with Gasteiger partial charge >= 0.3 is 0 Å². The van der Waals surface area contributed by atoms with Gasteiger partial charge in [0.05, 0.1) is 13.3 Å². The molecule has 0 aliphatic heterocycles. The van der Waals surface area contributed by atoms with E-state index < -0.39 is 0 Å². The molecule has 2 rings (SSSR count). The lowest BCUT2D eigenvalue weighted by Gasteiger charge is -2.23. The Bertz CT molecular complexity index is 844. The second-order valence-electron chi connectivity index (χ2n) is 6.90. The van der Waals surface area contributed by atoms with Gasteiger partial charge in [-0.15, -0.1) is 0 Å². The summed E-state index contributed by atoms with van der Waals surface area (Å²) in [5.74, 6) is 0.655. The van der Waals surface area contributed by atoms with Crippen LogP contribution in [-0.4, -0.2) is 30.9 Å². The van der Waals surface area contributed by atoms with Crippen molar-refractivity contribution < 1.29 is 19.4 Å². The molecule has 0 aromatic heterocycles. The van der Waals surface area contributed by atoms with E-state index in [1.807, 2.05) is 18.2 Å². The number of hydrazone groups is 1. The molecule has 2 aromatic carbocycles. The van der Waals surface area contributed by atoms with Crippen LogP contribution >= 0.6 is 15.9 Å². The number of methoxy groups -OCH3 is 1. The topological polar surface area (TPSA) is 80.2 Å². The van der Waals surface area contributed by atoms with Crippen molar-refractivity contribution in [3.63, 3.8) is 0 Å². The van der Waals surface area contributed by atoms with Crippen molar-refractivity contribution in [3.8, 4) is 17.2 Å². The van der Waals surface area contributed by atoms with Crippen LogP contribution in [0.3, 0.4) is 0 Å². The number of aromatic hydroxyl groups is 1. The van der Waals surface area contributed by atoms with E-state index in [1.54, 1.807) is 12.1 Å². The molecule has 0 unspecified atom stereocenters. The van der Waals surface area contributed by atoms with Crippen molar-refractivity contribution in [2.75, 3.05) is 13.7 Å². The summed E-state index contributed by atoms with van der Waals surface area (Å²) in [7, 11) is 1.46. The van der Waals surface area contributed by atoms with Crippen molar-refractivity contribution in [2.45, 2.75) is 26.2 Å². The first-order valence-electron chi connectivity index (χ1n) is 8.32. The predicted octanol–water partition coefficient (Wildman–Crippen LogP) is 3.99. The van der Waals surface area contributed by atoms with Crippen molar-refractivity contribution in [1.82, 2.24) is 5.43 Å². The number of amides is 1. The number of hydrogen-bond donors (Lipinski definition) is 2. The molecule has 0 radical (unpaired) electrons. The largest absolute Gasteiger partial charge is 0.504 e. The minimum Gasteiger partial charge on any atom is -0.504 e. The number of carbonyl (C=O) groups excluding carboxylic acids is 1. The van der Waals surface area contributed by atoms with Crippen LogP contribution in [0.1, 0.15) is 31.9 Å². The Kier molecular flexibility index (Phi) is 6.85. The number of ether oxygens (including phenoxy) is 2. The highest BCUT2D eigenvalue weighted by molar-refractivity contribution is 9.10. The van der Waals surface area contributed by atoms with Crippen molar-refractivity contribution >= 4 is 28.1 Å². The molecule has 0 spiro atoms. The zero-order valence-electron chi connectivity index (χ0n) is 15.7. The first-order valence-corrected chi connectivity index (χ1v) is 9.11. The monoisotopic (exact) mass is 434 g/mol. The van der Waals surface area contributed by atoms with Crippen LogP contribution in [0.5, 0.6) is 17.2 Å². The summed E-state index contributed by atoms with van der Waals surface area (Å²) in [6.07, 6.45) is 1.46. The Labute approximate surface area is 167 Å². The molecule has 0 aliphatic carbocycles. The highest BCUT2D eigenvalue weighted by Crippen LogP contribution is 2.33. The van der Waals surface area contributed by atoms with E-state index in [-0.39, 0.29) is 23.7 Å². The molecule has 27 heavy (non-hydrogen) atoms. The van der Waals surface area contributed by atoms with E-state index in [0.717, 1.165) is 10.0 Å². The fourth-order valence-corrected chi connectivity index (χ4v) is 2.70. The van der Waals surface area contributed by atoms with Gasteiger partial charge in [0, 0.05) is 10.0 Å². The van der Waals surface area contributed by atoms with E-state index in [9.17, 15) is 9.90 Å². The van der Waals surface area contributed by atoms with E-state index in [0.29, 0.717) is 17.1 Å². The number of hydrogen-bond acceptors (Lipinski definition) is 5.